The van der Waals surface area contributed by atoms with Gasteiger partial charge in [0.1, 0.15) is 5.78 Å². The maximum Gasteiger partial charge on any atom is 0.129 e. The predicted octanol–water partition coefficient (Wildman–Crippen LogP) is 2.43. The van der Waals surface area contributed by atoms with Crippen molar-refractivity contribution in [3.05, 3.63) is 12.8 Å². The minimum atomic E-state index is 0.289. The summed E-state index contributed by atoms with van der Waals surface area (Å²) in [5.41, 5.74) is 0. The molecule has 0 rings (SSSR count). The Labute approximate surface area is 80.3 Å². The average molecular weight is 185 g/mol. The summed E-state index contributed by atoms with van der Waals surface area (Å²) in [6, 6.07) is 0. The van der Waals surface area contributed by atoms with Crippen molar-refractivity contribution in [2.45, 2.75) is 26.7 Å². The zero-order valence-electron chi connectivity index (χ0n) is 8.95. The Kier molecular flexibility index (Phi) is 11.9. The van der Waals surface area contributed by atoms with Gasteiger partial charge in [0.25, 0.3) is 0 Å². The Morgan fingerprint density at radius 3 is 2.23 bits per heavy atom. The molecule has 0 unspecified atom stereocenters. The SMILES string of the molecule is C=CN(C)N=NC.CCCC(C)=O. The minimum absolute atomic E-state index is 0.289. The fourth-order valence-electron chi connectivity index (χ4n) is 0.530. The molecule has 0 bridgehead atoms. The number of carbonyl (C=O) groups is 1. The van der Waals surface area contributed by atoms with Crippen LogP contribution in [0.25, 0.3) is 0 Å². The van der Waals surface area contributed by atoms with Crippen LogP contribution in [0.4, 0.5) is 0 Å². The molecule has 13 heavy (non-hydrogen) atoms. The van der Waals surface area contributed by atoms with E-state index in [4.69, 9.17) is 0 Å². The minimum Gasteiger partial charge on any atom is -0.300 e. The first-order valence-corrected chi connectivity index (χ1v) is 4.23. The van der Waals surface area contributed by atoms with Gasteiger partial charge in [0.2, 0.25) is 0 Å². The molecule has 0 N–H and O–H groups in total. The molecule has 4 heteroatoms. The van der Waals surface area contributed by atoms with E-state index in [9.17, 15) is 4.79 Å². The van der Waals surface area contributed by atoms with Crippen LogP contribution in [0.1, 0.15) is 26.7 Å². The second-order valence-electron chi connectivity index (χ2n) is 2.50. The highest BCUT2D eigenvalue weighted by Gasteiger charge is 1.83. The first-order chi connectivity index (χ1) is 6.08. The van der Waals surface area contributed by atoms with E-state index in [1.54, 1.807) is 27.2 Å². The number of hydrogen-bond donors (Lipinski definition) is 0. The van der Waals surface area contributed by atoms with Crippen molar-refractivity contribution in [3.63, 3.8) is 0 Å². The van der Waals surface area contributed by atoms with Gasteiger partial charge >= 0.3 is 0 Å². The predicted molar refractivity (Wildman–Crippen MR) is 54.3 cm³/mol. The van der Waals surface area contributed by atoms with Gasteiger partial charge in [-0.2, -0.15) is 5.11 Å². The standard InChI is InChI=1S/C5H10O.C4H9N3/c1-3-4-5(2)6;1-4-7(3)6-5-2/h3-4H2,1-2H3;4H,1H2,2-3H3. The topological polar surface area (TPSA) is 45.0 Å². The van der Waals surface area contributed by atoms with E-state index in [-0.39, 0.29) is 5.78 Å². The van der Waals surface area contributed by atoms with Crippen molar-refractivity contribution in [2.75, 3.05) is 14.1 Å². The summed E-state index contributed by atoms with van der Waals surface area (Å²) in [7, 11) is 3.38. The summed E-state index contributed by atoms with van der Waals surface area (Å²) >= 11 is 0. The number of ketones is 1. The molecule has 0 aromatic heterocycles. The van der Waals surface area contributed by atoms with Crippen LogP contribution in [0.15, 0.2) is 23.1 Å². The number of nitrogens with zero attached hydrogens (tertiary/aromatic N) is 3. The van der Waals surface area contributed by atoms with E-state index in [0.29, 0.717) is 0 Å². The quantitative estimate of drug-likeness (QED) is 0.498. The second-order valence-corrected chi connectivity index (χ2v) is 2.50. The van der Waals surface area contributed by atoms with Gasteiger partial charge in [-0.15, -0.1) is 0 Å². The molecule has 0 saturated carbocycles. The van der Waals surface area contributed by atoms with Crippen LogP contribution in [0.5, 0.6) is 0 Å². The lowest BCUT2D eigenvalue weighted by atomic mass is 10.3. The molecule has 0 aromatic carbocycles. The van der Waals surface area contributed by atoms with Gasteiger partial charge in [0.05, 0.1) is 7.05 Å². The van der Waals surface area contributed by atoms with Gasteiger partial charge in [-0.25, -0.2) is 0 Å². The van der Waals surface area contributed by atoms with Crippen molar-refractivity contribution in [2.24, 2.45) is 10.3 Å². The Hall–Kier alpha value is -1.19. The number of hydrogen-bond acceptors (Lipinski definition) is 3. The average Bonchev–Trinajstić information content (AvgIpc) is 2.05. The largest absolute Gasteiger partial charge is 0.300 e. The van der Waals surface area contributed by atoms with Crippen LogP contribution < -0.4 is 0 Å². The lowest BCUT2D eigenvalue weighted by Gasteiger charge is -1.98. The molecule has 0 aliphatic rings. The van der Waals surface area contributed by atoms with E-state index in [2.05, 4.69) is 16.9 Å². The van der Waals surface area contributed by atoms with Crippen LogP contribution >= 0.6 is 0 Å². The number of carbonyl (C=O) groups excluding carboxylic acids is 1. The van der Waals surface area contributed by atoms with Crippen molar-refractivity contribution in [3.8, 4) is 0 Å². The molecule has 0 atom stereocenters. The van der Waals surface area contributed by atoms with Crippen LogP contribution in [-0.2, 0) is 4.79 Å². The lowest BCUT2D eigenvalue weighted by Crippen LogP contribution is -1.96. The highest BCUT2D eigenvalue weighted by atomic mass is 16.1. The maximum absolute atomic E-state index is 10.0. The summed E-state index contributed by atoms with van der Waals surface area (Å²) in [6.45, 7) is 7.07. The van der Waals surface area contributed by atoms with Crippen LogP contribution in [0.3, 0.4) is 0 Å². The van der Waals surface area contributed by atoms with Crippen molar-refractivity contribution in [1.82, 2.24) is 5.01 Å². The summed E-state index contributed by atoms with van der Waals surface area (Å²) in [5, 5.41) is 8.60. The third-order valence-corrected chi connectivity index (χ3v) is 1.10. The molecule has 0 heterocycles. The van der Waals surface area contributed by atoms with Crippen LogP contribution in [0, 0.1) is 0 Å². The summed E-state index contributed by atoms with van der Waals surface area (Å²) in [5.74, 6) is 0.289. The van der Waals surface area contributed by atoms with Gasteiger partial charge in [-0.05, 0) is 13.3 Å². The fraction of sp³-hybridized carbons (Fsp3) is 0.667. The monoisotopic (exact) mass is 185 g/mol. The molecule has 4 nitrogen and oxygen atoms in total. The normalized spacial score (nSPS) is 8.92. The van der Waals surface area contributed by atoms with E-state index >= 15 is 0 Å². The van der Waals surface area contributed by atoms with Gasteiger partial charge in [0, 0.05) is 19.7 Å². The molecule has 0 aliphatic carbocycles. The van der Waals surface area contributed by atoms with Crippen LogP contribution in [-0.4, -0.2) is 24.9 Å². The highest BCUT2D eigenvalue weighted by molar-refractivity contribution is 5.75. The van der Waals surface area contributed by atoms with Gasteiger partial charge < -0.3 is 4.79 Å². The molecule has 0 amide bonds. The zero-order valence-corrected chi connectivity index (χ0v) is 8.95. The summed E-state index contributed by atoms with van der Waals surface area (Å²) in [6.07, 6.45) is 3.29. The third-order valence-electron chi connectivity index (χ3n) is 1.10. The molecule has 0 spiro atoms. The van der Waals surface area contributed by atoms with E-state index < -0.39 is 0 Å². The Morgan fingerprint density at radius 1 is 1.62 bits per heavy atom. The van der Waals surface area contributed by atoms with Crippen molar-refractivity contribution >= 4 is 5.78 Å². The van der Waals surface area contributed by atoms with Gasteiger partial charge in [-0.1, -0.05) is 18.7 Å². The van der Waals surface area contributed by atoms with Crippen molar-refractivity contribution < 1.29 is 4.79 Å². The molecule has 0 aliphatic heterocycles. The summed E-state index contributed by atoms with van der Waals surface area (Å²) < 4.78 is 0. The maximum atomic E-state index is 10.0. The van der Waals surface area contributed by atoms with E-state index in [1.807, 2.05) is 6.92 Å². The smallest absolute Gasteiger partial charge is 0.129 e. The van der Waals surface area contributed by atoms with E-state index in [0.717, 1.165) is 12.8 Å². The Balaban J connectivity index is 0. The number of Topliss-reactive ketones (excluding diaryl/α,β-unsaturated/α-hetero) is 1. The molecule has 76 valence electrons. The first-order valence-electron chi connectivity index (χ1n) is 4.23. The Bertz CT molecular complexity index is 166. The third kappa shape index (κ3) is 18.1. The first kappa shape index (κ1) is 14.3. The second kappa shape index (κ2) is 10.8. The molecule has 0 radical (unpaired) electrons. The fourth-order valence-corrected chi connectivity index (χ4v) is 0.530. The molecule has 0 saturated heterocycles. The molecular formula is C9H19N3O. The van der Waals surface area contributed by atoms with E-state index in [1.165, 1.54) is 5.01 Å². The molecule has 0 fully saturated rings. The molecular weight excluding hydrogens is 166 g/mol. The molecule has 0 aromatic rings. The zero-order chi connectivity index (χ0) is 10.7. The number of rotatable bonds is 4. The lowest BCUT2D eigenvalue weighted by molar-refractivity contribution is -0.117. The Morgan fingerprint density at radius 2 is 2.15 bits per heavy atom. The van der Waals surface area contributed by atoms with Crippen molar-refractivity contribution in [1.29, 1.82) is 0 Å². The van der Waals surface area contributed by atoms with Crippen LogP contribution in [0.2, 0.25) is 0 Å². The summed E-state index contributed by atoms with van der Waals surface area (Å²) in [4.78, 5) is 10.0. The van der Waals surface area contributed by atoms with Gasteiger partial charge in [-0.3, -0.25) is 5.01 Å². The van der Waals surface area contributed by atoms with Gasteiger partial charge in [0.15, 0.2) is 0 Å². The highest BCUT2D eigenvalue weighted by Crippen LogP contribution is 1.84.